The number of amides is 1. The highest BCUT2D eigenvalue weighted by Crippen LogP contribution is 2.23. The van der Waals surface area contributed by atoms with Crippen LogP contribution in [0, 0.1) is 0 Å². The van der Waals surface area contributed by atoms with Gasteiger partial charge in [-0.3, -0.25) is 4.79 Å². The highest BCUT2D eigenvalue weighted by atomic mass is 16.1. The molecule has 3 N–H and O–H groups in total. The molecule has 3 nitrogen and oxygen atoms in total. The molecule has 1 aromatic rings. The van der Waals surface area contributed by atoms with Crippen LogP contribution in [0.25, 0.3) is 0 Å². The Morgan fingerprint density at radius 3 is 3.00 bits per heavy atom. The normalized spacial score (nSPS) is 17.2. The molecular weight excluding hydrogens is 200 g/mol. The molecule has 1 unspecified atom stereocenters. The summed E-state index contributed by atoms with van der Waals surface area (Å²) in [6, 6.07) is 6.40. The van der Waals surface area contributed by atoms with Crippen molar-refractivity contribution in [3.8, 4) is 0 Å². The number of hydrogen-bond acceptors (Lipinski definition) is 2. The minimum atomic E-state index is 0.124. The molecule has 1 atom stereocenters. The van der Waals surface area contributed by atoms with E-state index in [0.29, 0.717) is 6.42 Å². The molecule has 0 saturated carbocycles. The lowest BCUT2D eigenvalue weighted by molar-refractivity contribution is -0.116. The zero-order valence-electron chi connectivity index (χ0n) is 9.62. The van der Waals surface area contributed by atoms with Gasteiger partial charge < -0.3 is 11.1 Å². The largest absolute Gasteiger partial charge is 0.328 e. The number of nitrogens with one attached hydrogen (secondary N) is 1. The van der Waals surface area contributed by atoms with Crippen LogP contribution in [0.3, 0.4) is 0 Å². The lowest BCUT2D eigenvalue weighted by Crippen LogP contribution is -2.18. The molecule has 0 fully saturated rings. The molecular formula is C13H18N2O. The van der Waals surface area contributed by atoms with Crippen molar-refractivity contribution in [3.05, 3.63) is 29.3 Å². The molecule has 1 aliphatic rings. The Morgan fingerprint density at radius 1 is 1.44 bits per heavy atom. The van der Waals surface area contributed by atoms with E-state index >= 15 is 0 Å². The van der Waals surface area contributed by atoms with Gasteiger partial charge in [0.2, 0.25) is 5.91 Å². The van der Waals surface area contributed by atoms with Crippen LogP contribution in [0.5, 0.6) is 0 Å². The third-order valence-electron chi connectivity index (χ3n) is 2.85. The van der Waals surface area contributed by atoms with Crippen molar-refractivity contribution in [3.63, 3.8) is 0 Å². The van der Waals surface area contributed by atoms with Crippen LogP contribution in [-0.2, 0) is 17.6 Å². The first-order valence-corrected chi connectivity index (χ1v) is 5.82. The van der Waals surface area contributed by atoms with Gasteiger partial charge in [-0.15, -0.1) is 0 Å². The van der Waals surface area contributed by atoms with Crippen LogP contribution in [0.2, 0.25) is 0 Å². The number of anilines is 1. The second-order valence-electron chi connectivity index (χ2n) is 4.57. The molecule has 0 bridgehead atoms. The van der Waals surface area contributed by atoms with Gasteiger partial charge in [-0.05, 0) is 43.4 Å². The number of aryl methyl sites for hydroxylation is 1. The Hall–Kier alpha value is -1.35. The zero-order valence-corrected chi connectivity index (χ0v) is 9.62. The summed E-state index contributed by atoms with van der Waals surface area (Å²) in [5.41, 5.74) is 9.25. The SMILES string of the molecule is CC(N)Cc1ccc2c(c1)CCCC(=O)N2. The van der Waals surface area contributed by atoms with Crippen molar-refractivity contribution >= 4 is 11.6 Å². The molecule has 0 spiro atoms. The lowest BCUT2D eigenvalue weighted by Gasteiger charge is -2.10. The van der Waals surface area contributed by atoms with E-state index in [1.54, 1.807) is 0 Å². The molecule has 1 aromatic carbocycles. The van der Waals surface area contributed by atoms with Crippen LogP contribution in [0.4, 0.5) is 5.69 Å². The predicted molar refractivity (Wildman–Crippen MR) is 65.4 cm³/mol. The molecule has 3 heteroatoms. The summed E-state index contributed by atoms with van der Waals surface area (Å²) in [6.45, 7) is 2.01. The van der Waals surface area contributed by atoms with Crippen LogP contribution < -0.4 is 11.1 Å². The van der Waals surface area contributed by atoms with Crippen molar-refractivity contribution in [1.29, 1.82) is 0 Å². The number of rotatable bonds is 2. The summed E-state index contributed by atoms with van der Waals surface area (Å²) in [5, 5.41) is 2.93. The van der Waals surface area contributed by atoms with Gasteiger partial charge >= 0.3 is 0 Å². The molecule has 0 saturated heterocycles. The lowest BCUT2D eigenvalue weighted by atomic mass is 10.0. The van der Waals surface area contributed by atoms with E-state index in [-0.39, 0.29) is 11.9 Å². The van der Waals surface area contributed by atoms with Gasteiger partial charge in [-0.1, -0.05) is 12.1 Å². The van der Waals surface area contributed by atoms with E-state index in [0.717, 1.165) is 24.9 Å². The topological polar surface area (TPSA) is 55.1 Å². The number of nitrogens with two attached hydrogens (primary N) is 1. The number of benzene rings is 1. The molecule has 0 radical (unpaired) electrons. The molecule has 1 heterocycles. The first kappa shape index (κ1) is 11.1. The highest BCUT2D eigenvalue weighted by Gasteiger charge is 2.13. The summed E-state index contributed by atoms with van der Waals surface area (Å²) in [7, 11) is 0. The number of fused-ring (bicyclic) bond motifs is 1. The Bertz CT molecular complexity index is 399. The van der Waals surface area contributed by atoms with Gasteiger partial charge in [0, 0.05) is 18.2 Å². The third kappa shape index (κ3) is 2.61. The second-order valence-corrected chi connectivity index (χ2v) is 4.57. The fourth-order valence-electron chi connectivity index (χ4n) is 2.13. The smallest absolute Gasteiger partial charge is 0.224 e. The van der Waals surface area contributed by atoms with Gasteiger partial charge in [-0.25, -0.2) is 0 Å². The first-order valence-electron chi connectivity index (χ1n) is 5.82. The molecule has 16 heavy (non-hydrogen) atoms. The number of carbonyl (C=O) groups excluding carboxylic acids is 1. The van der Waals surface area contributed by atoms with Gasteiger partial charge in [0.1, 0.15) is 0 Å². The van der Waals surface area contributed by atoms with E-state index < -0.39 is 0 Å². The van der Waals surface area contributed by atoms with Crippen molar-refractivity contribution in [2.75, 3.05) is 5.32 Å². The second kappa shape index (κ2) is 4.66. The van der Waals surface area contributed by atoms with Gasteiger partial charge in [0.15, 0.2) is 0 Å². The molecule has 2 rings (SSSR count). The first-order chi connectivity index (χ1) is 7.65. The van der Waals surface area contributed by atoms with Crippen LogP contribution >= 0.6 is 0 Å². The molecule has 1 aliphatic heterocycles. The molecule has 0 aromatic heterocycles. The summed E-state index contributed by atoms with van der Waals surface area (Å²) < 4.78 is 0. The monoisotopic (exact) mass is 218 g/mol. The quantitative estimate of drug-likeness (QED) is 0.796. The molecule has 86 valence electrons. The van der Waals surface area contributed by atoms with E-state index in [9.17, 15) is 4.79 Å². The summed E-state index contributed by atoms with van der Waals surface area (Å²) >= 11 is 0. The van der Waals surface area contributed by atoms with Crippen molar-refractivity contribution < 1.29 is 4.79 Å². The summed E-state index contributed by atoms with van der Waals surface area (Å²) in [4.78, 5) is 11.4. The Labute approximate surface area is 96.0 Å². The fraction of sp³-hybridized carbons (Fsp3) is 0.462. The van der Waals surface area contributed by atoms with Gasteiger partial charge in [-0.2, -0.15) is 0 Å². The van der Waals surface area contributed by atoms with E-state index in [1.165, 1.54) is 11.1 Å². The number of carbonyl (C=O) groups is 1. The summed E-state index contributed by atoms with van der Waals surface area (Å²) in [6.07, 6.45) is 3.42. The van der Waals surface area contributed by atoms with Crippen LogP contribution in [-0.4, -0.2) is 11.9 Å². The molecule has 0 aliphatic carbocycles. The minimum absolute atomic E-state index is 0.124. The van der Waals surface area contributed by atoms with E-state index in [1.807, 2.05) is 19.1 Å². The third-order valence-corrected chi connectivity index (χ3v) is 2.85. The minimum Gasteiger partial charge on any atom is -0.328 e. The molecule has 1 amide bonds. The maximum absolute atomic E-state index is 11.4. The fourth-order valence-corrected chi connectivity index (χ4v) is 2.13. The Balaban J connectivity index is 2.24. The predicted octanol–water partition coefficient (Wildman–Crippen LogP) is 1.85. The zero-order chi connectivity index (χ0) is 11.5. The van der Waals surface area contributed by atoms with Crippen LogP contribution in [0.15, 0.2) is 18.2 Å². The van der Waals surface area contributed by atoms with Gasteiger partial charge in [0.05, 0.1) is 0 Å². The Kier molecular flexibility index (Phi) is 3.25. The average Bonchev–Trinajstić information content (AvgIpc) is 2.37. The Morgan fingerprint density at radius 2 is 2.25 bits per heavy atom. The van der Waals surface area contributed by atoms with Crippen molar-refractivity contribution in [2.24, 2.45) is 5.73 Å². The van der Waals surface area contributed by atoms with E-state index in [4.69, 9.17) is 5.73 Å². The number of hydrogen-bond donors (Lipinski definition) is 2. The maximum atomic E-state index is 11.4. The van der Waals surface area contributed by atoms with Gasteiger partial charge in [0.25, 0.3) is 0 Å². The average molecular weight is 218 g/mol. The maximum Gasteiger partial charge on any atom is 0.224 e. The van der Waals surface area contributed by atoms with E-state index in [2.05, 4.69) is 11.4 Å². The highest BCUT2D eigenvalue weighted by molar-refractivity contribution is 5.92. The van der Waals surface area contributed by atoms with Crippen molar-refractivity contribution in [2.45, 2.75) is 38.6 Å². The summed E-state index contributed by atoms with van der Waals surface area (Å²) in [5.74, 6) is 0.124. The van der Waals surface area contributed by atoms with Crippen LogP contribution in [0.1, 0.15) is 30.9 Å². The standard InChI is InChI=1S/C13H18N2O/c1-9(14)7-10-5-6-12-11(8-10)3-2-4-13(16)15-12/h5-6,8-9H,2-4,7,14H2,1H3,(H,15,16). The van der Waals surface area contributed by atoms with Crippen molar-refractivity contribution in [1.82, 2.24) is 0 Å².